The summed E-state index contributed by atoms with van der Waals surface area (Å²) in [5.41, 5.74) is 1.23. The van der Waals surface area contributed by atoms with E-state index in [1.54, 1.807) is 42.5 Å². The van der Waals surface area contributed by atoms with Gasteiger partial charge in [0.2, 0.25) is 0 Å². The van der Waals surface area contributed by atoms with E-state index in [-0.39, 0.29) is 17.1 Å². The molecule has 3 aliphatic carbocycles. The van der Waals surface area contributed by atoms with Gasteiger partial charge in [-0.3, -0.25) is 0 Å². The molecule has 3 aromatic rings. The molecular formula is C28H27Cl2NO5. The van der Waals surface area contributed by atoms with Crippen LogP contribution in [0.25, 0.3) is 11.3 Å². The normalized spacial score (nSPS) is 27.6. The van der Waals surface area contributed by atoms with E-state index in [2.05, 4.69) is 5.16 Å². The quantitative estimate of drug-likeness (QED) is 0.351. The first-order chi connectivity index (χ1) is 17.3. The minimum Gasteiger partial charge on any atom is -0.490 e. The molecule has 0 aliphatic heterocycles. The molecule has 1 aromatic heterocycles. The van der Waals surface area contributed by atoms with Gasteiger partial charge in [0.1, 0.15) is 17.2 Å². The summed E-state index contributed by atoms with van der Waals surface area (Å²) in [5, 5.41) is 26.3. The predicted octanol–water partition coefficient (Wildman–Crippen LogP) is 7.21. The average molecular weight is 528 g/mol. The molecule has 36 heavy (non-hydrogen) atoms. The van der Waals surface area contributed by atoms with E-state index >= 15 is 0 Å². The highest BCUT2D eigenvalue weighted by atomic mass is 35.5. The fraction of sp³-hybridized carbons (Fsp3) is 0.429. The first kappa shape index (κ1) is 23.8. The van der Waals surface area contributed by atoms with Crippen LogP contribution in [0, 0.1) is 5.41 Å². The number of aliphatic hydroxyl groups is 1. The minimum absolute atomic E-state index is 0.0570. The van der Waals surface area contributed by atoms with Crippen molar-refractivity contribution in [2.24, 2.45) is 5.41 Å². The predicted molar refractivity (Wildman–Crippen MR) is 136 cm³/mol. The Kier molecular flexibility index (Phi) is 5.82. The largest absolute Gasteiger partial charge is 0.490 e. The molecule has 2 aromatic carbocycles. The van der Waals surface area contributed by atoms with Crippen molar-refractivity contribution in [2.75, 3.05) is 0 Å². The van der Waals surface area contributed by atoms with Crippen LogP contribution in [-0.4, -0.2) is 27.4 Å². The number of halogens is 2. The molecule has 0 radical (unpaired) electrons. The van der Waals surface area contributed by atoms with Crippen LogP contribution in [0.1, 0.15) is 79.0 Å². The third-order valence-electron chi connectivity index (χ3n) is 8.06. The molecule has 0 saturated heterocycles. The summed E-state index contributed by atoms with van der Waals surface area (Å²) < 4.78 is 11.9. The number of hydrogen-bond donors (Lipinski definition) is 2. The Labute approximate surface area is 219 Å². The SMILES string of the molecule is O=C(O)c1ccc(OC2CCC3(CC2)CC(O)(c2c(-c4c(Cl)cccc4Cl)noc2C2CC2)C3)cc1. The van der Waals surface area contributed by atoms with Crippen LogP contribution < -0.4 is 4.74 Å². The van der Waals surface area contributed by atoms with Gasteiger partial charge in [-0.05, 0) is 93.2 Å². The zero-order chi connectivity index (χ0) is 25.1. The molecule has 1 heterocycles. The van der Waals surface area contributed by atoms with Gasteiger partial charge in [0, 0.05) is 11.5 Å². The van der Waals surface area contributed by atoms with Crippen molar-refractivity contribution in [3.8, 4) is 17.0 Å². The number of carboxylic acid groups (broad SMARTS) is 1. The fourth-order valence-electron chi connectivity index (χ4n) is 6.18. The number of aromatic nitrogens is 1. The second-order valence-corrected chi connectivity index (χ2v) is 11.5. The number of hydrogen-bond acceptors (Lipinski definition) is 5. The lowest BCUT2D eigenvalue weighted by Crippen LogP contribution is -2.52. The maximum absolute atomic E-state index is 11.9. The number of ether oxygens (including phenoxy) is 1. The fourth-order valence-corrected chi connectivity index (χ4v) is 6.76. The van der Waals surface area contributed by atoms with Crippen molar-refractivity contribution < 1.29 is 24.3 Å². The van der Waals surface area contributed by atoms with Crippen molar-refractivity contribution in [3.05, 3.63) is 69.4 Å². The van der Waals surface area contributed by atoms with E-state index in [1.807, 2.05) is 0 Å². The Morgan fingerprint density at radius 1 is 1.00 bits per heavy atom. The standard InChI is InChI=1S/C28H27Cl2NO5/c29-20-2-1-3-21(30)22(20)24-23(25(36-31-24)16-4-5-16)28(34)14-27(15-28)12-10-19(11-13-27)35-18-8-6-17(7-9-18)26(32)33/h1-3,6-9,16,19,34H,4-5,10-15H2,(H,32,33). The monoisotopic (exact) mass is 527 g/mol. The van der Waals surface area contributed by atoms with Gasteiger partial charge in [-0.25, -0.2) is 4.79 Å². The molecule has 1 spiro atoms. The molecular weight excluding hydrogens is 501 g/mol. The topological polar surface area (TPSA) is 92.8 Å². The average Bonchev–Trinajstić information content (AvgIpc) is 3.59. The van der Waals surface area contributed by atoms with Gasteiger partial charge in [0.25, 0.3) is 0 Å². The molecule has 6 nitrogen and oxygen atoms in total. The van der Waals surface area contributed by atoms with E-state index in [0.717, 1.165) is 49.8 Å². The summed E-state index contributed by atoms with van der Waals surface area (Å²) in [4.78, 5) is 11.1. The van der Waals surface area contributed by atoms with Crippen LogP contribution >= 0.6 is 23.2 Å². The van der Waals surface area contributed by atoms with Crippen molar-refractivity contribution in [1.29, 1.82) is 0 Å². The van der Waals surface area contributed by atoms with Gasteiger partial charge in [-0.15, -0.1) is 0 Å². The number of benzene rings is 2. The molecule has 0 atom stereocenters. The van der Waals surface area contributed by atoms with Gasteiger partial charge < -0.3 is 19.5 Å². The molecule has 0 bridgehead atoms. The highest BCUT2D eigenvalue weighted by Crippen LogP contribution is 2.64. The van der Waals surface area contributed by atoms with Crippen molar-refractivity contribution in [1.82, 2.24) is 5.16 Å². The van der Waals surface area contributed by atoms with Crippen LogP contribution in [-0.2, 0) is 5.60 Å². The lowest BCUT2D eigenvalue weighted by Gasteiger charge is -2.56. The van der Waals surface area contributed by atoms with Gasteiger partial charge in [0.15, 0.2) is 0 Å². The number of carboxylic acids is 1. The Balaban J connectivity index is 1.18. The molecule has 8 heteroatoms. The zero-order valence-corrected chi connectivity index (χ0v) is 21.2. The van der Waals surface area contributed by atoms with Crippen LogP contribution in [0.15, 0.2) is 47.0 Å². The Bertz CT molecular complexity index is 1280. The molecule has 3 fully saturated rings. The second kappa shape index (κ2) is 8.79. The molecule has 0 unspecified atom stereocenters. The maximum atomic E-state index is 11.9. The molecule has 3 saturated carbocycles. The van der Waals surface area contributed by atoms with E-state index in [1.165, 1.54) is 0 Å². The van der Waals surface area contributed by atoms with Crippen LogP contribution in [0.3, 0.4) is 0 Å². The second-order valence-electron chi connectivity index (χ2n) is 10.7. The van der Waals surface area contributed by atoms with E-state index < -0.39 is 11.6 Å². The van der Waals surface area contributed by atoms with Gasteiger partial charge in [-0.1, -0.05) is 34.4 Å². The van der Waals surface area contributed by atoms with Crippen molar-refractivity contribution in [3.63, 3.8) is 0 Å². The highest BCUT2D eigenvalue weighted by molar-refractivity contribution is 6.39. The number of aromatic carboxylic acids is 1. The number of rotatable bonds is 6. The zero-order valence-electron chi connectivity index (χ0n) is 19.7. The first-order valence-corrected chi connectivity index (χ1v) is 13.2. The lowest BCUT2D eigenvalue weighted by molar-refractivity contribution is -0.156. The molecule has 188 valence electrons. The lowest BCUT2D eigenvalue weighted by atomic mass is 9.51. The Hall–Kier alpha value is -2.54. The molecule has 0 amide bonds. The number of carbonyl (C=O) groups is 1. The minimum atomic E-state index is -1.02. The summed E-state index contributed by atoms with van der Waals surface area (Å²) in [6.45, 7) is 0. The molecule has 2 N–H and O–H groups in total. The van der Waals surface area contributed by atoms with Crippen LogP contribution in [0.2, 0.25) is 10.0 Å². The maximum Gasteiger partial charge on any atom is 0.335 e. The number of nitrogens with zero attached hydrogens (tertiary/aromatic N) is 1. The van der Waals surface area contributed by atoms with Gasteiger partial charge in [-0.2, -0.15) is 0 Å². The molecule has 3 aliphatic rings. The summed E-state index contributed by atoms with van der Waals surface area (Å²) in [6.07, 6.45) is 7.13. The summed E-state index contributed by atoms with van der Waals surface area (Å²) in [7, 11) is 0. The third kappa shape index (κ3) is 4.19. The molecule has 6 rings (SSSR count). The Morgan fingerprint density at radius 3 is 2.22 bits per heavy atom. The van der Waals surface area contributed by atoms with E-state index in [0.29, 0.717) is 45.8 Å². The van der Waals surface area contributed by atoms with Gasteiger partial charge >= 0.3 is 5.97 Å². The van der Waals surface area contributed by atoms with Crippen molar-refractivity contribution in [2.45, 2.75) is 69.0 Å². The van der Waals surface area contributed by atoms with Gasteiger partial charge in [0.05, 0.1) is 32.9 Å². The third-order valence-corrected chi connectivity index (χ3v) is 8.69. The summed E-state index contributed by atoms with van der Waals surface area (Å²) in [5.74, 6) is 0.807. The van der Waals surface area contributed by atoms with Crippen molar-refractivity contribution >= 4 is 29.2 Å². The summed E-state index contributed by atoms with van der Waals surface area (Å²) >= 11 is 13.0. The van der Waals surface area contributed by atoms with Crippen LogP contribution in [0.5, 0.6) is 5.75 Å². The first-order valence-electron chi connectivity index (χ1n) is 12.4. The smallest absolute Gasteiger partial charge is 0.335 e. The Morgan fingerprint density at radius 2 is 1.64 bits per heavy atom. The van der Waals surface area contributed by atoms with Crippen LogP contribution in [0.4, 0.5) is 0 Å². The van der Waals surface area contributed by atoms with E-state index in [4.69, 9.17) is 37.6 Å². The summed E-state index contributed by atoms with van der Waals surface area (Å²) in [6, 6.07) is 11.9. The highest BCUT2D eigenvalue weighted by Gasteiger charge is 2.58. The van der Waals surface area contributed by atoms with E-state index in [9.17, 15) is 9.90 Å².